The number of para-hydroxylation sites is 3. The Hall–Kier alpha value is -3.93. The van der Waals surface area contributed by atoms with Crippen molar-refractivity contribution in [2.24, 2.45) is 0 Å². The number of aromatic nitrogens is 2. The maximum Gasteiger partial charge on any atom is 0.336 e. The Labute approximate surface area is 178 Å². The smallest absolute Gasteiger partial charge is 0.311 e. The van der Waals surface area contributed by atoms with Gasteiger partial charge < -0.3 is 4.90 Å². The minimum Gasteiger partial charge on any atom is -0.311 e. The Kier molecular flexibility index (Phi) is 4.75. The van der Waals surface area contributed by atoms with Gasteiger partial charge in [-0.2, -0.15) is 0 Å². The van der Waals surface area contributed by atoms with E-state index >= 15 is 0 Å². The molecule has 154 valence electrons. The molecule has 4 aromatic rings. The first kappa shape index (κ1) is 19.1. The fourth-order valence-electron chi connectivity index (χ4n) is 4.29. The highest BCUT2D eigenvalue weighted by Crippen LogP contribution is 2.27. The molecule has 0 fully saturated rings. The molecule has 2 heterocycles. The Morgan fingerprint density at radius 2 is 1.55 bits per heavy atom. The third-order valence-electron chi connectivity index (χ3n) is 5.77. The number of fused-ring (bicyclic) bond motifs is 2. The van der Waals surface area contributed by atoms with E-state index in [2.05, 4.69) is 0 Å². The van der Waals surface area contributed by atoms with Crippen LogP contribution in [0.25, 0.3) is 16.6 Å². The number of rotatable bonds is 3. The number of carbonyl (C=O) groups excluding carboxylic acids is 1. The van der Waals surface area contributed by atoms with Crippen LogP contribution < -0.4 is 16.1 Å². The quantitative estimate of drug-likeness (QED) is 0.520. The predicted octanol–water partition coefficient (Wildman–Crippen LogP) is 3.13. The fourth-order valence-corrected chi connectivity index (χ4v) is 4.29. The molecule has 0 aliphatic carbocycles. The monoisotopic (exact) mass is 411 g/mol. The molecule has 0 spiro atoms. The highest BCUT2D eigenvalue weighted by molar-refractivity contribution is 5.95. The summed E-state index contributed by atoms with van der Waals surface area (Å²) in [4.78, 5) is 41.6. The highest BCUT2D eigenvalue weighted by atomic mass is 16.2. The van der Waals surface area contributed by atoms with Crippen LogP contribution in [0.15, 0.2) is 88.5 Å². The van der Waals surface area contributed by atoms with Gasteiger partial charge in [-0.15, -0.1) is 0 Å². The SMILES string of the molecule is O=C(Cn1c(=O)n(-c2ccccc2)c(=O)c2ccccc21)N1CCCc2ccccc21. The Bertz CT molecular complexity index is 1400. The summed E-state index contributed by atoms with van der Waals surface area (Å²) in [7, 11) is 0. The molecule has 0 unspecified atom stereocenters. The summed E-state index contributed by atoms with van der Waals surface area (Å²) < 4.78 is 2.54. The van der Waals surface area contributed by atoms with E-state index in [-0.39, 0.29) is 18.0 Å². The normalized spacial score (nSPS) is 13.2. The summed E-state index contributed by atoms with van der Waals surface area (Å²) in [6.07, 6.45) is 1.81. The van der Waals surface area contributed by atoms with Gasteiger partial charge in [0, 0.05) is 12.2 Å². The number of hydrogen-bond donors (Lipinski definition) is 0. The van der Waals surface area contributed by atoms with Crippen LogP contribution in [0.2, 0.25) is 0 Å². The van der Waals surface area contributed by atoms with Crippen molar-refractivity contribution in [1.82, 2.24) is 9.13 Å². The molecule has 1 aliphatic heterocycles. The van der Waals surface area contributed by atoms with Crippen molar-refractivity contribution in [3.05, 3.63) is 105 Å². The lowest BCUT2D eigenvalue weighted by Crippen LogP contribution is -2.44. The molecule has 0 atom stereocenters. The third kappa shape index (κ3) is 3.26. The van der Waals surface area contributed by atoms with Crippen molar-refractivity contribution >= 4 is 22.5 Å². The van der Waals surface area contributed by atoms with E-state index in [0.29, 0.717) is 23.1 Å². The zero-order valence-electron chi connectivity index (χ0n) is 16.9. The first-order chi connectivity index (χ1) is 15.1. The van der Waals surface area contributed by atoms with Gasteiger partial charge in [-0.25, -0.2) is 9.36 Å². The van der Waals surface area contributed by atoms with Crippen LogP contribution >= 0.6 is 0 Å². The molecule has 1 amide bonds. The van der Waals surface area contributed by atoms with E-state index in [1.54, 1.807) is 53.4 Å². The molecule has 31 heavy (non-hydrogen) atoms. The largest absolute Gasteiger partial charge is 0.336 e. The Balaban J connectivity index is 1.65. The standard InChI is InChI=1S/C25H21N3O3/c29-23(26-16-8-10-18-9-4-6-14-21(18)26)17-27-22-15-7-5-13-20(22)24(30)28(25(27)31)19-11-2-1-3-12-19/h1-7,9,11-15H,8,10,16-17H2. The van der Waals surface area contributed by atoms with E-state index in [1.165, 1.54) is 4.57 Å². The molecule has 1 aliphatic rings. The van der Waals surface area contributed by atoms with E-state index in [0.717, 1.165) is 28.7 Å². The van der Waals surface area contributed by atoms with Crippen molar-refractivity contribution in [3.63, 3.8) is 0 Å². The number of hydrogen-bond acceptors (Lipinski definition) is 3. The van der Waals surface area contributed by atoms with Crippen LogP contribution in [0.4, 0.5) is 5.69 Å². The molecule has 3 aromatic carbocycles. The van der Waals surface area contributed by atoms with Crippen LogP contribution in [0.3, 0.4) is 0 Å². The molecule has 0 bridgehead atoms. The lowest BCUT2D eigenvalue weighted by atomic mass is 10.0. The van der Waals surface area contributed by atoms with Crippen molar-refractivity contribution < 1.29 is 4.79 Å². The average molecular weight is 411 g/mol. The highest BCUT2D eigenvalue weighted by Gasteiger charge is 2.24. The number of nitrogens with zero attached hydrogens (tertiary/aromatic N) is 3. The molecule has 0 radical (unpaired) electrons. The topological polar surface area (TPSA) is 64.3 Å². The zero-order valence-corrected chi connectivity index (χ0v) is 16.9. The summed E-state index contributed by atoms with van der Waals surface area (Å²) in [5, 5.41) is 0.401. The maximum absolute atomic E-state index is 13.4. The summed E-state index contributed by atoms with van der Waals surface area (Å²) in [5.74, 6) is -0.169. The number of benzene rings is 3. The van der Waals surface area contributed by atoms with Crippen LogP contribution in [-0.4, -0.2) is 21.6 Å². The molecule has 6 nitrogen and oxygen atoms in total. The Morgan fingerprint density at radius 1 is 0.839 bits per heavy atom. The molecule has 0 saturated heterocycles. The van der Waals surface area contributed by atoms with E-state index in [4.69, 9.17) is 0 Å². The van der Waals surface area contributed by atoms with Gasteiger partial charge in [-0.1, -0.05) is 48.5 Å². The van der Waals surface area contributed by atoms with E-state index < -0.39 is 5.69 Å². The Morgan fingerprint density at radius 3 is 2.39 bits per heavy atom. The molecule has 6 heteroatoms. The number of carbonyl (C=O) groups is 1. The van der Waals surface area contributed by atoms with Gasteiger partial charge in [0.05, 0.1) is 16.6 Å². The molecule has 5 rings (SSSR count). The minimum absolute atomic E-state index is 0.138. The number of anilines is 1. The number of amides is 1. The summed E-state index contributed by atoms with van der Waals surface area (Å²) in [6.45, 7) is 0.474. The summed E-state index contributed by atoms with van der Waals surface area (Å²) in [5.41, 5.74) is 2.06. The average Bonchev–Trinajstić information content (AvgIpc) is 2.82. The van der Waals surface area contributed by atoms with Gasteiger partial charge in [0.1, 0.15) is 6.54 Å². The first-order valence-corrected chi connectivity index (χ1v) is 10.3. The van der Waals surface area contributed by atoms with Crippen molar-refractivity contribution in [1.29, 1.82) is 0 Å². The van der Waals surface area contributed by atoms with Gasteiger partial charge >= 0.3 is 5.69 Å². The van der Waals surface area contributed by atoms with Crippen LogP contribution in [0.5, 0.6) is 0 Å². The first-order valence-electron chi connectivity index (χ1n) is 10.3. The van der Waals surface area contributed by atoms with Crippen molar-refractivity contribution in [3.8, 4) is 5.69 Å². The third-order valence-corrected chi connectivity index (χ3v) is 5.77. The van der Waals surface area contributed by atoms with Gasteiger partial charge in [-0.05, 0) is 48.7 Å². The lowest BCUT2D eigenvalue weighted by molar-refractivity contribution is -0.119. The molecule has 1 aromatic heterocycles. The van der Waals surface area contributed by atoms with Crippen molar-refractivity contribution in [2.75, 3.05) is 11.4 Å². The second kappa shape index (κ2) is 7.72. The van der Waals surface area contributed by atoms with Gasteiger partial charge in [-0.3, -0.25) is 14.2 Å². The molecule has 0 N–H and O–H groups in total. The van der Waals surface area contributed by atoms with Crippen molar-refractivity contribution in [2.45, 2.75) is 19.4 Å². The molecular weight excluding hydrogens is 390 g/mol. The minimum atomic E-state index is -0.520. The zero-order chi connectivity index (χ0) is 21.4. The lowest BCUT2D eigenvalue weighted by Gasteiger charge is -2.30. The second-order valence-electron chi connectivity index (χ2n) is 7.64. The maximum atomic E-state index is 13.4. The van der Waals surface area contributed by atoms with Gasteiger partial charge in [0.25, 0.3) is 5.56 Å². The van der Waals surface area contributed by atoms with E-state index in [1.807, 2.05) is 30.3 Å². The summed E-state index contributed by atoms with van der Waals surface area (Å²) >= 11 is 0. The predicted molar refractivity (Wildman–Crippen MR) is 121 cm³/mol. The second-order valence-corrected chi connectivity index (χ2v) is 7.64. The molecule has 0 saturated carbocycles. The van der Waals surface area contributed by atoms with Gasteiger partial charge in [0.15, 0.2) is 0 Å². The number of aryl methyl sites for hydroxylation is 1. The van der Waals surface area contributed by atoms with Crippen LogP contribution in [0.1, 0.15) is 12.0 Å². The van der Waals surface area contributed by atoms with Crippen LogP contribution in [0, 0.1) is 0 Å². The van der Waals surface area contributed by atoms with E-state index in [9.17, 15) is 14.4 Å². The van der Waals surface area contributed by atoms with Crippen LogP contribution in [-0.2, 0) is 17.8 Å². The fraction of sp³-hybridized carbons (Fsp3) is 0.160. The molecular formula is C25H21N3O3. The van der Waals surface area contributed by atoms with Gasteiger partial charge in [0.2, 0.25) is 5.91 Å². The summed E-state index contributed by atoms with van der Waals surface area (Å²) in [6, 6.07) is 23.6.